The molecule has 0 saturated carbocycles. The average Bonchev–Trinajstić information content (AvgIpc) is 3.08. The molecule has 3 aliphatic heterocycles. The minimum Gasteiger partial charge on any atom is -0.544 e. The summed E-state index contributed by atoms with van der Waals surface area (Å²) in [6.45, 7) is -0.704. The Morgan fingerprint density at radius 3 is 1.81 bits per heavy atom. The zero-order chi connectivity index (χ0) is 22.9. The van der Waals surface area contributed by atoms with Crippen molar-refractivity contribution in [3.8, 4) is 0 Å². The van der Waals surface area contributed by atoms with Crippen LogP contribution in [0.3, 0.4) is 0 Å². The van der Waals surface area contributed by atoms with Crippen molar-refractivity contribution >= 4 is 0 Å². The smallest absolute Gasteiger partial charge is 0.187 e. The zero-order valence-electron chi connectivity index (χ0n) is 16.8. The number of hydrogen-bond acceptors (Lipinski definition) is 14. The molecule has 14 nitrogen and oxygen atoms in total. The normalized spacial score (nSPS) is 49.6. The summed E-state index contributed by atoms with van der Waals surface area (Å²) >= 11 is 0. The molecule has 3 aliphatic rings. The number of hydrogen-bond donors (Lipinski definition) is 9. The van der Waals surface area contributed by atoms with Crippen molar-refractivity contribution in [1.29, 1.82) is 0 Å². The van der Waals surface area contributed by atoms with Gasteiger partial charge in [-0.3, -0.25) is 0 Å². The maximum atomic E-state index is 10.5. The average molecular weight is 695 g/mol. The Kier molecular flexibility index (Phi) is 11.2. The SMILES string of the molecule is OCC1O[C@@H](OC[C@H]2O[CH-]C(O)C2O)C(O)[C@@H](O)[C@@H]1O[C@@H]1OC(CO)[C@H](O)[C@H](O)C1O.[U]. The first kappa shape index (κ1) is 28.7. The first-order valence-corrected chi connectivity index (χ1v) is 9.74. The molecule has 3 fully saturated rings. The predicted octanol–water partition coefficient (Wildman–Crippen LogP) is -6.09. The molecule has 3 saturated heterocycles. The zero-order valence-corrected chi connectivity index (χ0v) is 20.9. The molecule has 0 aliphatic carbocycles. The fraction of sp³-hybridized carbons (Fsp3) is 0.941. The van der Waals surface area contributed by atoms with Gasteiger partial charge in [-0.1, -0.05) is 0 Å². The van der Waals surface area contributed by atoms with Crippen molar-refractivity contribution in [2.75, 3.05) is 19.8 Å². The number of ether oxygens (including phenoxy) is 5. The van der Waals surface area contributed by atoms with E-state index in [9.17, 15) is 46.0 Å². The Morgan fingerprint density at radius 2 is 1.25 bits per heavy atom. The van der Waals surface area contributed by atoms with Crippen LogP contribution in [0, 0.1) is 37.7 Å². The van der Waals surface area contributed by atoms with Crippen molar-refractivity contribution in [3.63, 3.8) is 0 Å². The van der Waals surface area contributed by atoms with Crippen LogP contribution < -0.4 is 0 Å². The van der Waals surface area contributed by atoms with Crippen LogP contribution in [0.1, 0.15) is 0 Å². The van der Waals surface area contributed by atoms with Gasteiger partial charge in [-0.2, -0.15) is 6.61 Å². The molecular weight excluding hydrogens is 666 g/mol. The van der Waals surface area contributed by atoms with Crippen LogP contribution in [-0.4, -0.2) is 146 Å². The summed E-state index contributed by atoms with van der Waals surface area (Å²) in [5.41, 5.74) is 0. The summed E-state index contributed by atoms with van der Waals surface area (Å²) in [7, 11) is 0. The van der Waals surface area contributed by atoms with E-state index in [2.05, 4.69) is 0 Å². The minimum absolute atomic E-state index is 0. The monoisotopic (exact) mass is 695 g/mol. The molecular formula is C17H29O14U-. The molecule has 0 bridgehead atoms. The first-order valence-electron chi connectivity index (χ1n) is 9.74. The second-order valence-electron chi connectivity index (χ2n) is 7.63. The summed E-state index contributed by atoms with van der Waals surface area (Å²) in [6, 6.07) is 0. The van der Waals surface area contributed by atoms with E-state index in [-0.39, 0.29) is 37.7 Å². The van der Waals surface area contributed by atoms with E-state index in [1.54, 1.807) is 0 Å². The molecule has 15 heteroatoms. The maximum Gasteiger partial charge on any atom is 0.187 e. The Bertz CT molecular complexity index is 569. The van der Waals surface area contributed by atoms with Crippen LogP contribution in [0.15, 0.2) is 0 Å². The molecule has 0 spiro atoms. The second-order valence-corrected chi connectivity index (χ2v) is 7.63. The van der Waals surface area contributed by atoms with Gasteiger partial charge in [0.25, 0.3) is 0 Å². The van der Waals surface area contributed by atoms with Gasteiger partial charge in [0.05, 0.1) is 32.0 Å². The van der Waals surface area contributed by atoms with Crippen molar-refractivity contribution in [3.05, 3.63) is 6.61 Å². The van der Waals surface area contributed by atoms with Crippen LogP contribution in [-0.2, 0) is 23.7 Å². The van der Waals surface area contributed by atoms with Gasteiger partial charge in [-0.25, -0.2) is 0 Å². The Labute approximate surface area is 206 Å². The number of rotatable bonds is 7. The van der Waals surface area contributed by atoms with Gasteiger partial charge in [0.15, 0.2) is 12.6 Å². The van der Waals surface area contributed by atoms with Gasteiger partial charge in [0, 0.05) is 31.1 Å². The van der Waals surface area contributed by atoms with Gasteiger partial charge < -0.3 is 69.6 Å². The van der Waals surface area contributed by atoms with Gasteiger partial charge in [0.2, 0.25) is 0 Å². The molecule has 6 unspecified atom stereocenters. The van der Waals surface area contributed by atoms with Crippen LogP contribution in [0.25, 0.3) is 0 Å². The summed E-state index contributed by atoms with van der Waals surface area (Å²) in [5.74, 6) is 0. The van der Waals surface area contributed by atoms with Gasteiger partial charge in [-0.05, 0) is 6.10 Å². The van der Waals surface area contributed by atoms with E-state index in [0.717, 1.165) is 6.61 Å². The van der Waals surface area contributed by atoms with E-state index >= 15 is 0 Å². The second kappa shape index (κ2) is 12.5. The third-order valence-corrected chi connectivity index (χ3v) is 5.51. The molecule has 0 radical (unpaired) electrons. The number of aliphatic hydroxyl groups excluding tert-OH is 9. The standard InChI is InChI=1S/C17H29O14.U/c18-1-6-10(22)11(23)13(25)17(29-6)31-15-7(2-19)30-16(14(26)12(15)24)28-4-8-9(21)5(20)3-27-8;/h3,5-26H,1-2,4H2;/q-1;/t5?,6?,7?,8-,9?,10+,11+,12-,13?,14?,15-,16-,17+;/m1./s1. The summed E-state index contributed by atoms with van der Waals surface area (Å²) in [4.78, 5) is 0. The molecule has 9 N–H and O–H groups in total. The third kappa shape index (κ3) is 6.00. The molecule has 0 amide bonds. The molecule has 13 atom stereocenters. The van der Waals surface area contributed by atoms with E-state index in [4.69, 9.17) is 23.7 Å². The first-order chi connectivity index (χ1) is 14.7. The van der Waals surface area contributed by atoms with E-state index in [0.29, 0.717) is 0 Å². The molecule has 0 aromatic rings. The largest absolute Gasteiger partial charge is 0.544 e. The molecule has 0 aromatic carbocycles. The molecule has 3 rings (SSSR count). The minimum atomic E-state index is -1.76. The fourth-order valence-electron chi connectivity index (χ4n) is 3.58. The summed E-state index contributed by atoms with van der Waals surface area (Å²) in [5, 5.41) is 88.7. The quantitative estimate of drug-likeness (QED) is 0.113. The summed E-state index contributed by atoms with van der Waals surface area (Å²) in [6.07, 6.45) is -19.0. The number of aliphatic hydroxyl groups is 9. The van der Waals surface area contributed by atoms with E-state index in [1.165, 1.54) is 0 Å². The molecule has 186 valence electrons. The van der Waals surface area contributed by atoms with Crippen molar-refractivity contribution in [1.82, 2.24) is 0 Å². The molecule has 32 heavy (non-hydrogen) atoms. The van der Waals surface area contributed by atoms with Crippen LogP contribution >= 0.6 is 0 Å². The third-order valence-electron chi connectivity index (χ3n) is 5.51. The molecule has 0 aromatic heterocycles. The van der Waals surface area contributed by atoms with E-state index in [1.807, 2.05) is 0 Å². The predicted molar refractivity (Wildman–Crippen MR) is 93.5 cm³/mol. The van der Waals surface area contributed by atoms with Gasteiger partial charge in [0.1, 0.15) is 48.8 Å². The fourth-order valence-corrected chi connectivity index (χ4v) is 3.58. The van der Waals surface area contributed by atoms with Crippen molar-refractivity contribution in [2.24, 2.45) is 0 Å². The maximum absolute atomic E-state index is 10.5. The van der Waals surface area contributed by atoms with Crippen LogP contribution in [0.5, 0.6) is 0 Å². The summed E-state index contributed by atoms with van der Waals surface area (Å²) < 4.78 is 26.4. The van der Waals surface area contributed by atoms with E-state index < -0.39 is 92.9 Å². The molecule has 3 heterocycles. The van der Waals surface area contributed by atoms with Crippen molar-refractivity contribution < 1.29 is 101 Å². The van der Waals surface area contributed by atoms with Crippen LogP contribution in [0.2, 0.25) is 0 Å². The van der Waals surface area contributed by atoms with Crippen LogP contribution in [0.4, 0.5) is 0 Å². The van der Waals surface area contributed by atoms with Gasteiger partial charge >= 0.3 is 0 Å². The van der Waals surface area contributed by atoms with Gasteiger partial charge in [-0.15, -0.1) is 0 Å². The Balaban J connectivity index is 0.00000363. The Morgan fingerprint density at radius 1 is 0.656 bits per heavy atom. The van der Waals surface area contributed by atoms with Crippen molar-refractivity contribution in [2.45, 2.75) is 79.7 Å². The Hall–Kier alpha value is 0.492. The topological polar surface area (TPSA) is 228 Å².